The lowest BCUT2D eigenvalue weighted by Crippen LogP contribution is -2.53. The number of nitrogens with two attached hydrogens (primary N) is 2. The smallest absolute Gasteiger partial charge is 0.327 e. The van der Waals surface area contributed by atoms with E-state index in [0.29, 0.717) is 51.7 Å². The first-order valence-electron chi connectivity index (χ1n) is 13.1. The summed E-state index contributed by atoms with van der Waals surface area (Å²) in [5.41, 5.74) is 12.3. The predicted molar refractivity (Wildman–Crippen MR) is 158 cm³/mol. The van der Waals surface area contributed by atoms with Crippen LogP contribution < -0.4 is 43.4 Å². The standard InChI is InChI=1S/C25H42N10O5S/c26-24(27)31-9-1-3-18(34-21(37)11-16-5-7-17(8-6-16)12-30-15-36)13-33-19(4-2-10-32-25(28)29)22(38)35-20(14-41)23(39)40/h5-8,15,18-20,33,41H,1-4,9-14H2,(H,30,36)(H,34,37)(H,35,38)(H,39,40)(H4,26,27,31)(H4,28,29,32)/t18-,19-,20-/m0/s1. The van der Waals surface area contributed by atoms with Crippen LogP contribution >= 0.6 is 12.6 Å². The van der Waals surface area contributed by atoms with Crippen LogP contribution in [0.3, 0.4) is 0 Å². The van der Waals surface area contributed by atoms with Crippen molar-refractivity contribution in [2.45, 2.75) is 56.8 Å². The Morgan fingerprint density at radius 2 is 1.51 bits per heavy atom. The van der Waals surface area contributed by atoms with Crippen LogP contribution in [0.5, 0.6) is 0 Å². The average Bonchev–Trinajstić information content (AvgIpc) is 2.92. The molecular weight excluding hydrogens is 552 g/mol. The number of carboxylic acids is 1. The van der Waals surface area contributed by atoms with Gasteiger partial charge in [-0.15, -0.1) is 0 Å². The molecule has 3 amide bonds. The van der Waals surface area contributed by atoms with Crippen molar-refractivity contribution >= 4 is 48.7 Å². The Kier molecular flexibility index (Phi) is 17.0. The number of nitrogens with one attached hydrogen (secondary N) is 8. The number of hydrogen-bond acceptors (Lipinski definition) is 8. The zero-order valence-corrected chi connectivity index (χ0v) is 23.8. The molecule has 15 nitrogen and oxygen atoms in total. The summed E-state index contributed by atoms with van der Waals surface area (Å²) in [5, 5.41) is 40.4. The third kappa shape index (κ3) is 16.0. The van der Waals surface area contributed by atoms with Crippen molar-refractivity contribution < 1.29 is 24.3 Å². The van der Waals surface area contributed by atoms with E-state index in [-0.39, 0.29) is 36.5 Å². The number of thiol groups is 1. The normalized spacial score (nSPS) is 12.7. The molecule has 1 rings (SSSR count). The monoisotopic (exact) mass is 594 g/mol. The lowest BCUT2D eigenvalue weighted by atomic mass is 10.1. The van der Waals surface area contributed by atoms with E-state index in [2.05, 4.69) is 44.5 Å². The highest BCUT2D eigenvalue weighted by molar-refractivity contribution is 7.80. The zero-order chi connectivity index (χ0) is 30.6. The Hall–Kier alpha value is -4.05. The first-order chi connectivity index (χ1) is 19.5. The van der Waals surface area contributed by atoms with Gasteiger partial charge in [0.25, 0.3) is 0 Å². The summed E-state index contributed by atoms with van der Waals surface area (Å²) >= 11 is 3.99. The number of amides is 3. The van der Waals surface area contributed by atoms with Gasteiger partial charge in [0, 0.05) is 38.0 Å². The maximum atomic E-state index is 12.9. The Morgan fingerprint density at radius 1 is 0.927 bits per heavy atom. The van der Waals surface area contributed by atoms with Crippen molar-refractivity contribution in [1.29, 1.82) is 10.8 Å². The molecule has 0 aromatic heterocycles. The van der Waals surface area contributed by atoms with Gasteiger partial charge >= 0.3 is 5.97 Å². The van der Waals surface area contributed by atoms with E-state index in [9.17, 15) is 24.3 Å². The molecular formula is C25H42N10O5S. The highest BCUT2D eigenvalue weighted by Crippen LogP contribution is 2.07. The van der Waals surface area contributed by atoms with Crippen molar-refractivity contribution in [2.75, 3.05) is 25.4 Å². The fraction of sp³-hybridized carbons (Fsp3) is 0.520. The minimum absolute atomic E-state index is 0.0872. The maximum absolute atomic E-state index is 12.9. The molecule has 0 fully saturated rings. The maximum Gasteiger partial charge on any atom is 0.327 e. The van der Waals surface area contributed by atoms with E-state index in [0.717, 1.165) is 11.1 Å². The Balaban J connectivity index is 2.88. The van der Waals surface area contributed by atoms with E-state index >= 15 is 0 Å². The molecule has 0 saturated carbocycles. The molecule has 3 atom stereocenters. The molecule has 1 aromatic rings. The molecule has 0 bridgehead atoms. The first-order valence-corrected chi connectivity index (χ1v) is 13.8. The quantitative estimate of drug-likeness (QED) is 0.0243. The van der Waals surface area contributed by atoms with E-state index in [1.165, 1.54) is 0 Å². The zero-order valence-electron chi connectivity index (χ0n) is 22.9. The van der Waals surface area contributed by atoms with Crippen molar-refractivity contribution in [1.82, 2.24) is 31.9 Å². The number of hydrogen-bond donors (Lipinski definition) is 12. The summed E-state index contributed by atoms with van der Waals surface area (Å²) in [7, 11) is 0. The molecule has 0 saturated heterocycles. The van der Waals surface area contributed by atoms with Gasteiger partial charge in [0.05, 0.1) is 12.5 Å². The van der Waals surface area contributed by atoms with E-state index in [4.69, 9.17) is 22.3 Å². The van der Waals surface area contributed by atoms with Gasteiger partial charge in [-0.2, -0.15) is 12.6 Å². The average molecular weight is 595 g/mol. The van der Waals surface area contributed by atoms with Crippen LogP contribution in [0.1, 0.15) is 36.8 Å². The Bertz CT molecular complexity index is 1010. The molecule has 228 valence electrons. The molecule has 16 heteroatoms. The highest BCUT2D eigenvalue weighted by atomic mass is 32.1. The number of aliphatic carboxylic acids is 1. The molecule has 0 unspecified atom stereocenters. The first kappa shape index (κ1) is 35.0. The molecule has 0 aliphatic carbocycles. The van der Waals surface area contributed by atoms with Gasteiger partial charge in [-0.25, -0.2) is 4.79 Å². The molecule has 13 N–H and O–H groups in total. The van der Waals surface area contributed by atoms with Crippen LogP contribution in [0, 0.1) is 10.8 Å². The Labute approximate surface area is 244 Å². The van der Waals surface area contributed by atoms with Gasteiger partial charge in [-0.05, 0) is 36.8 Å². The number of guanidine groups is 2. The molecule has 0 aliphatic rings. The second kappa shape index (κ2) is 19.9. The molecule has 0 heterocycles. The van der Waals surface area contributed by atoms with Gasteiger partial charge in [-0.1, -0.05) is 24.3 Å². The largest absolute Gasteiger partial charge is 0.480 e. The third-order valence-electron chi connectivity index (χ3n) is 5.90. The Morgan fingerprint density at radius 3 is 2.05 bits per heavy atom. The van der Waals surface area contributed by atoms with Crippen LogP contribution in [-0.2, 0) is 32.1 Å². The minimum Gasteiger partial charge on any atom is -0.480 e. The number of carboxylic acid groups (broad SMARTS) is 1. The van der Waals surface area contributed by atoms with Crippen LogP contribution in [0.25, 0.3) is 0 Å². The lowest BCUT2D eigenvalue weighted by Gasteiger charge is -2.25. The van der Waals surface area contributed by atoms with Crippen molar-refractivity contribution in [3.63, 3.8) is 0 Å². The molecule has 1 aromatic carbocycles. The summed E-state index contributed by atoms with van der Waals surface area (Å²) in [4.78, 5) is 47.7. The molecule has 0 spiro atoms. The van der Waals surface area contributed by atoms with Gasteiger partial charge in [0.1, 0.15) is 6.04 Å². The molecule has 41 heavy (non-hydrogen) atoms. The van der Waals surface area contributed by atoms with E-state index < -0.39 is 30.0 Å². The fourth-order valence-corrected chi connectivity index (χ4v) is 4.04. The number of carbonyl (C=O) groups is 4. The summed E-state index contributed by atoms with van der Waals surface area (Å²) < 4.78 is 0. The summed E-state index contributed by atoms with van der Waals surface area (Å²) in [6.45, 7) is 1.36. The molecule has 0 aliphatic heterocycles. The fourth-order valence-electron chi connectivity index (χ4n) is 3.79. The predicted octanol–water partition coefficient (Wildman–Crippen LogP) is -2.06. The highest BCUT2D eigenvalue weighted by Gasteiger charge is 2.25. The summed E-state index contributed by atoms with van der Waals surface area (Å²) in [5.74, 6) is -2.42. The van der Waals surface area contributed by atoms with Gasteiger partial charge in [0.2, 0.25) is 18.2 Å². The van der Waals surface area contributed by atoms with Gasteiger partial charge in [-0.3, -0.25) is 25.2 Å². The number of carbonyl (C=O) groups excluding carboxylic acids is 3. The van der Waals surface area contributed by atoms with E-state index in [1.807, 2.05) is 12.1 Å². The van der Waals surface area contributed by atoms with Gasteiger partial charge < -0.3 is 48.5 Å². The van der Waals surface area contributed by atoms with Crippen molar-refractivity contribution in [2.24, 2.45) is 11.5 Å². The summed E-state index contributed by atoms with van der Waals surface area (Å²) in [6, 6.07) is 4.92. The second-order valence-electron chi connectivity index (χ2n) is 9.26. The van der Waals surface area contributed by atoms with Crippen molar-refractivity contribution in [3.8, 4) is 0 Å². The number of benzene rings is 1. The topological polar surface area (TPSA) is 260 Å². The van der Waals surface area contributed by atoms with Crippen LogP contribution in [-0.4, -0.2) is 84.7 Å². The van der Waals surface area contributed by atoms with E-state index in [1.54, 1.807) is 12.1 Å². The third-order valence-corrected chi connectivity index (χ3v) is 6.26. The SMILES string of the molecule is N=C(N)NCCC[C@@H](CN[C@@H](CCCNC(=N)N)C(=O)N[C@@H](CS)C(=O)O)NC(=O)Cc1ccc(CNC=O)cc1. The van der Waals surface area contributed by atoms with Crippen molar-refractivity contribution in [3.05, 3.63) is 35.4 Å². The molecule has 0 radical (unpaired) electrons. The summed E-state index contributed by atoms with van der Waals surface area (Å²) in [6.07, 6.45) is 2.58. The lowest BCUT2D eigenvalue weighted by molar-refractivity contribution is -0.141. The number of rotatable bonds is 21. The second-order valence-corrected chi connectivity index (χ2v) is 9.63. The van der Waals surface area contributed by atoms with Crippen LogP contribution in [0.15, 0.2) is 24.3 Å². The van der Waals surface area contributed by atoms with Crippen LogP contribution in [0.2, 0.25) is 0 Å². The van der Waals surface area contributed by atoms with Gasteiger partial charge in [0.15, 0.2) is 11.9 Å². The minimum atomic E-state index is -1.21. The van der Waals surface area contributed by atoms with Crippen LogP contribution in [0.4, 0.5) is 0 Å².